The van der Waals surface area contributed by atoms with E-state index in [9.17, 15) is 4.79 Å². The Morgan fingerprint density at radius 3 is 2.30 bits per heavy atom. The van der Waals surface area contributed by atoms with Gasteiger partial charge in [-0.3, -0.25) is 4.79 Å². The van der Waals surface area contributed by atoms with E-state index in [0.29, 0.717) is 5.75 Å². The minimum absolute atomic E-state index is 0.286. The molecule has 0 radical (unpaired) electrons. The van der Waals surface area contributed by atoms with Crippen LogP contribution in [0.1, 0.15) is 28.5 Å². The van der Waals surface area contributed by atoms with Crippen LogP contribution in [0, 0.1) is 27.7 Å². The monoisotopic (exact) mass is 374 g/mol. The molecule has 27 heavy (non-hydrogen) atoms. The Bertz CT molecular complexity index is 1190. The van der Waals surface area contributed by atoms with Gasteiger partial charge in [0, 0.05) is 21.9 Å². The summed E-state index contributed by atoms with van der Waals surface area (Å²) in [6.07, 6.45) is 0. The average molecular weight is 375 g/mol. The smallest absolute Gasteiger partial charge is 0.308 e. The minimum Gasteiger partial charge on any atom is -0.426 e. The molecule has 3 aromatic carbocycles. The van der Waals surface area contributed by atoms with Crippen LogP contribution in [-0.2, 0) is 4.79 Å². The molecular formula is C24H22O2S. The number of carbonyl (C=O) groups is 1. The van der Waals surface area contributed by atoms with Crippen molar-refractivity contribution < 1.29 is 9.53 Å². The number of esters is 1. The van der Waals surface area contributed by atoms with E-state index in [1.54, 1.807) is 0 Å². The molecule has 4 aromatic rings. The van der Waals surface area contributed by atoms with Gasteiger partial charge in [-0.1, -0.05) is 24.3 Å². The Balaban J connectivity index is 2.10. The third-order valence-corrected chi connectivity index (χ3v) is 6.33. The summed E-state index contributed by atoms with van der Waals surface area (Å²) in [5.74, 6) is 0.381. The second-order valence-corrected chi connectivity index (χ2v) is 8.42. The van der Waals surface area contributed by atoms with E-state index in [-0.39, 0.29) is 5.97 Å². The molecule has 0 saturated heterocycles. The van der Waals surface area contributed by atoms with Crippen molar-refractivity contribution in [3.63, 3.8) is 0 Å². The molecule has 0 aliphatic heterocycles. The molecule has 0 unspecified atom stereocenters. The van der Waals surface area contributed by atoms with Gasteiger partial charge in [-0.25, -0.2) is 0 Å². The highest BCUT2D eigenvalue weighted by atomic mass is 32.1. The largest absolute Gasteiger partial charge is 0.426 e. The van der Waals surface area contributed by atoms with E-state index < -0.39 is 0 Å². The SMILES string of the molecule is CC(=O)Oc1c(C)cc(-c2c3ccccc3cc3sc(C)c(C)c23)cc1C. The van der Waals surface area contributed by atoms with Crippen LogP contribution in [0.3, 0.4) is 0 Å². The zero-order valence-corrected chi connectivity index (χ0v) is 17.1. The maximum Gasteiger partial charge on any atom is 0.308 e. The molecule has 0 saturated carbocycles. The first kappa shape index (κ1) is 17.7. The molecule has 1 aromatic heterocycles. The van der Waals surface area contributed by atoms with Crippen molar-refractivity contribution in [3.8, 4) is 16.9 Å². The molecule has 2 nitrogen and oxygen atoms in total. The lowest BCUT2D eigenvalue weighted by molar-refractivity contribution is -0.131. The van der Waals surface area contributed by atoms with E-state index in [4.69, 9.17) is 4.74 Å². The summed E-state index contributed by atoms with van der Waals surface area (Å²) < 4.78 is 6.75. The molecule has 0 amide bonds. The number of thiophene rings is 1. The predicted molar refractivity (Wildman–Crippen MR) is 115 cm³/mol. The summed E-state index contributed by atoms with van der Waals surface area (Å²) >= 11 is 1.85. The van der Waals surface area contributed by atoms with Crippen LogP contribution in [-0.4, -0.2) is 5.97 Å². The fourth-order valence-corrected chi connectivity index (χ4v) is 5.02. The van der Waals surface area contributed by atoms with Crippen molar-refractivity contribution in [1.82, 2.24) is 0 Å². The van der Waals surface area contributed by atoms with Gasteiger partial charge in [0.2, 0.25) is 0 Å². The first-order chi connectivity index (χ1) is 12.9. The van der Waals surface area contributed by atoms with Crippen LogP contribution in [0.4, 0.5) is 0 Å². The molecule has 136 valence electrons. The lowest BCUT2D eigenvalue weighted by atomic mass is 9.91. The minimum atomic E-state index is -0.286. The first-order valence-corrected chi connectivity index (χ1v) is 9.90. The number of hydrogen-bond acceptors (Lipinski definition) is 3. The van der Waals surface area contributed by atoms with Crippen molar-refractivity contribution in [2.75, 3.05) is 0 Å². The summed E-state index contributed by atoms with van der Waals surface area (Å²) in [4.78, 5) is 12.8. The average Bonchev–Trinajstić information content (AvgIpc) is 2.89. The Morgan fingerprint density at radius 2 is 1.63 bits per heavy atom. The molecule has 0 N–H and O–H groups in total. The normalized spacial score (nSPS) is 11.3. The van der Waals surface area contributed by atoms with Crippen molar-refractivity contribution >= 4 is 38.2 Å². The van der Waals surface area contributed by atoms with Gasteiger partial charge in [0.1, 0.15) is 5.75 Å². The van der Waals surface area contributed by atoms with Crippen LogP contribution in [0.5, 0.6) is 5.75 Å². The Labute approximate surface area is 163 Å². The Morgan fingerprint density at radius 1 is 0.963 bits per heavy atom. The number of aryl methyl sites for hydroxylation is 4. The maximum absolute atomic E-state index is 11.4. The summed E-state index contributed by atoms with van der Waals surface area (Å²) in [5.41, 5.74) is 5.74. The lowest BCUT2D eigenvalue weighted by Gasteiger charge is -2.15. The standard InChI is InChI=1S/C24H22O2S/c1-13-10-19(11-14(2)24(13)26-17(5)25)23-20-9-7-6-8-18(20)12-21-22(23)15(3)16(4)27-21/h6-12H,1-5H3. The molecule has 0 fully saturated rings. The molecule has 0 atom stereocenters. The zero-order valence-electron chi connectivity index (χ0n) is 16.3. The van der Waals surface area contributed by atoms with Crippen LogP contribution in [0.25, 0.3) is 32.0 Å². The number of benzene rings is 3. The topological polar surface area (TPSA) is 26.3 Å². The molecule has 3 heteroatoms. The van der Waals surface area contributed by atoms with Gasteiger partial charge in [-0.05, 0) is 84.5 Å². The summed E-state index contributed by atoms with van der Waals surface area (Å²) in [6.45, 7) is 9.85. The number of carbonyl (C=O) groups excluding carboxylic acids is 1. The van der Waals surface area contributed by atoms with E-state index in [1.165, 1.54) is 49.3 Å². The van der Waals surface area contributed by atoms with Crippen LogP contribution >= 0.6 is 11.3 Å². The third kappa shape index (κ3) is 2.92. The van der Waals surface area contributed by atoms with E-state index in [0.717, 1.165) is 11.1 Å². The number of fused-ring (bicyclic) bond motifs is 2. The molecule has 0 aliphatic rings. The second-order valence-electron chi connectivity index (χ2n) is 7.16. The highest BCUT2D eigenvalue weighted by molar-refractivity contribution is 7.19. The van der Waals surface area contributed by atoms with Crippen molar-refractivity contribution in [2.24, 2.45) is 0 Å². The van der Waals surface area contributed by atoms with Crippen LogP contribution < -0.4 is 4.74 Å². The van der Waals surface area contributed by atoms with Gasteiger partial charge in [0.05, 0.1) is 0 Å². The second kappa shape index (κ2) is 6.50. The van der Waals surface area contributed by atoms with Crippen molar-refractivity contribution in [2.45, 2.75) is 34.6 Å². The molecular weight excluding hydrogens is 352 g/mol. The van der Waals surface area contributed by atoms with Crippen molar-refractivity contribution in [3.05, 3.63) is 64.0 Å². The quantitative estimate of drug-likeness (QED) is 0.282. The molecule has 1 heterocycles. The van der Waals surface area contributed by atoms with E-state index >= 15 is 0 Å². The van der Waals surface area contributed by atoms with E-state index in [1.807, 2.05) is 25.2 Å². The number of hydrogen-bond donors (Lipinski definition) is 0. The van der Waals surface area contributed by atoms with Gasteiger partial charge in [-0.15, -0.1) is 11.3 Å². The van der Waals surface area contributed by atoms with Crippen molar-refractivity contribution in [1.29, 1.82) is 0 Å². The molecule has 0 aliphatic carbocycles. The molecule has 4 rings (SSSR count). The maximum atomic E-state index is 11.4. The fourth-order valence-electron chi connectivity index (χ4n) is 3.89. The molecule has 0 bridgehead atoms. The van der Waals surface area contributed by atoms with Gasteiger partial charge in [0.25, 0.3) is 0 Å². The summed E-state index contributed by atoms with van der Waals surface area (Å²) in [6, 6.07) is 15.1. The van der Waals surface area contributed by atoms with Crippen LogP contribution in [0.15, 0.2) is 42.5 Å². The predicted octanol–water partition coefficient (Wildman–Crippen LogP) is 6.88. The molecule has 0 spiro atoms. The summed E-state index contributed by atoms with van der Waals surface area (Å²) in [5, 5.41) is 3.83. The third-order valence-electron chi connectivity index (χ3n) is 5.17. The Kier molecular flexibility index (Phi) is 4.27. The van der Waals surface area contributed by atoms with Crippen LogP contribution in [0.2, 0.25) is 0 Å². The summed E-state index contributed by atoms with van der Waals surface area (Å²) in [7, 11) is 0. The van der Waals surface area contributed by atoms with Gasteiger partial charge >= 0.3 is 5.97 Å². The van der Waals surface area contributed by atoms with E-state index in [2.05, 4.69) is 56.3 Å². The Hall–Kier alpha value is -2.65. The van der Waals surface area contributed by atoms with Gasteiger partial charge in [0.15, 0.2) is 0 Å². The number of ether oxygens (including phenoxy) is 1. The highest BCUT2D eigenvalue weighted by Gasteiger charge is 2.17. The van der Waals surface area contributed by atoms with Gasteiger partial charge < -0.3 is 4.74 Å². The fraction of sp³-hybridized carbons (Fsp3) is 0.208. The van der Waals surface area contributed by atoms with Gasteiger partial charge in [-0.2, -0.15) is 0 Å². The number of rotatable bonds is 2. The zero-order chi connectivity index (χ0) is 19.3. The highest BCUT2D eigenvalue weighted by Crippen LogP contribution is 2.43. The lowest BCUT2D eigenvalue weighted by Crippen LogP contribution is -2.04. The first-order valence-electron chi connectivity index (χ1n) is 9.08.